The molecule has 3 rings (SSSR count). The van der Waals surface area contributed by atoms with Gasteiger partial charge in [-0.05, 0) is 34.5 Å². The highest BCUT2D eigenvalue weighted by Crippen LogP contribution is 2.26. The number of benzene rings is 2. The van der Waals surface area contributed by atoms with Gasteiger partial charge in [0.15, 0.2) is 6.61 Å². The van der Waals surface area contributed by atoms with Crippen molar-refractivity contribution >= 4 is 16.7 Å². The molecule has 22 heavy (non-hydrogen) atoms. The summed E-state index contributed by atoms with van der Waals surface area (Å²) in [4.78, 5) is 19.1. The largest absolute Gasteiger partial charge is 0.482 e. The highest BCUT2D eigenvalue weighted by molar-refractivity contribution is 5.88. The Morgan fingerprint density at radius 3 is 2.50 bits per heavy atom. The summed E-state index contributed by atoms with van der Waals surface area (Å²) in [5.41, 5.74) is 2.02. The first-order valence-electron chi connectivity index (χ1n) is 6.75. The average Bonchev–Trinajstić information content (AvgIpc) is 2.59. The molecule has 110 valence electrons. The van der Waals surface area contributed by atoms with E-state index in [-0.39, 0.29) is 6.61 Å². The topological polar surface area (TPSA) is 61.3 Å². The number of ether oxygens (including phenoxy) is 2. The molecule has 0 radical (unpaired) electrons. The number of nitrogens with zero attached hydrogens (tertiary/aromatic N) is 2. The maximum atomic E-state index is 11.1. The lowest BCUT2D eigenvalue weighted by atomic mass is 10.0. The molecule has 5 nitrogen and oxygen atoms in total. The van der Waals surface area contributed by atoms with Gasteiger partial charge in [0.05, 0.1) is 7.11 Å². The fourth-order valence-corrected chi connectivity index (χ4v) is 2.14. The summed E-state index contributed by atoms with van der Waals surface area (Å²) in [7, 11) is 1.33. The maximum Gasteiger partial charge on any atom is 0.343 e. The third-order valence-corrected chi connectivity index (χ3v) is 3.29. The second-order valence-electron chi connectivity index (χ2n) is 4.72. The number of hydrogen-bond acceptors (Lipinski definition) is 5. The number of carbonyl (C=O) groups excluding carboxylic acids is 1. The van der Waals surface area contributed by atoms with Crippen molar-refractivity contribution in [1.29, 1.82) is 0 Å². The first kappa shape index (κ1) is 14.0. The summed E-state index contributed by atoms with van der Waals surface area (Å²) >= 11 is 0. The van der Waals surface area contributed by atoms with Crippen molar-refractivity contribution in [3.8, 4) is 16.9 Å². The summed E-state index contributed by atoms with van der Waals surface area (Å²) in [5.74, 6) is 0.230. The van der Waals surface area contributed by atoms with Gasteiger partial charge in [0.25, 0.3) is 0 Å². The van der Waals surface area contributed by atoms with Crippen molar-refractivity contribution in [3.63, 3.8) is 0 Å². The summed E-state index contributed by atoms with van der Waals surface area (Å²) < 4.78 is 9.94. The molecule has 0 saturated carbocycles. The zero-order valence-corrected chi connectivity index (χ0v) is 12.0. The molecule has 2 aromatic carbocycles. The Kier molecular flexibility index (Phi) is 3.96. The fourth-order valence-electron chi connectivity index (χ4n) is 2.14. The molecule has 5 heteroatoms. The number of fused-ring (bicyclic) bond motifs is 1. The van der Waals surface area contributed by atoms with Crippen molar-refractivity contribution in [2.24, 2.45) is 0 Å². The molecule has 0 aliphatic heterocycles. The molecule has 3 aromatic rings. The number of rotatable bonds is 4. The Morgan fingerprint density at radius 1 is 1.00 bits per heavy atom. The molecule has 0 fully saturated rings. The third-order valence-electron chi connectivity index (χ3n) is 3.29. The number of hydrogen-bond donors (Lipinski definition) is 0. The smallest absolute Gasteiger partial charge is 0.343 e. The number of methoxy groups -OCH3 is 1. The van der Waals surface area contributed by atoms with E-state index in [0.717, 1.165) is 21.9 Å². The van der Waals surface area contributed by atoms with Crippen LogP contribution in [-0.4, -0.2) is 29.7 Å². The lowest BCUT2D eigenvalue weighted by Crippen LogP contribution is -2.12. The van der Waals surface area contributed by atoms with E-state index in [9.17, 15) is 4.79 Å². The molecule has 0 spiro atoms. The lowest BCUT2D eigenvalue weighted by molar-refractivity contribution is -0.142. The zero-order chi connectivity index (χ0) is 15.4. The van der Waals surface area contributed by atoms with E-state index in [1.165, 1.54) is 13.4 Å². The number of esters is 1. The quantitative estimate of drug-likeness (QED) is 0.692. The maximum absolute atomic E-state index is 11.1. The molecular weight excluding hydrogens is 280 g/mol. The van der Waals surface area contributed by atoms with E-state index in [4.69, 9.17) is 4.74 Å². The molecule has 0 saturated heterocycles. The highest BCUT2D eigenvalue weighted by Gasteiger charge is 2.04. The van der Waals surface area contributed by atoms with Gasteiger partial charge < -0.3 is 9.47 Å². The van der Waals surface area contributed by atoms with E-state index in [0.29, 0.717) is 5.75 Å². The van der Waals surface area contributed by atoms with Crippen LogP contribution >= 0.6 is 0 Å². The predicted molar refractivity (Wildman–Crippen MR) is 82.5 cm³/mol. The van der Waals surface area contributed by atoms with Gasteiger partial charge in [0, 0.05) is 18.0 Å². The van der Waals surface area contributed by atoms with Gasteiger partial charge in [-0.1, -0.05) is 18.2 Å². The molecule has 0 aliphatic carbocycles. The van der Waals surface area contributed by atoms with Gasteiger partial charge in [0.1, 0.15) is 12.1 Å². The van der Waals surface area contributed by atoms with Gasteiger partial charge in [0.2, 0.25) is 0 Å². The molecule has 0 amide bonds. The van der Waals surface area contributed by atoms with Crippen LogP contribution in [0.4, 0.5) is 0 Å². The lowest BCUT2D eigenvalue weighted by Gasteiger charge is -2.07. The van der Waals surface area contributed by atoms with Crippen LogP contribution in [0.3, 0.4) is 0 Å². The molecular formula is C17H14N2O3. The fraction of sp³-hybridized carbons (Fsp3) is 0.118. The normalized spacial score (nSPS) is 10.4. The molecule has 1 aromatic heterocycles. The van der Waals surface area contributed by atoms with Crippen molar-refractivity contribution in [2.75, 3.05) is 13.7 Å². The Bertz CT molecular complexity index is 803. The van der Waals surface area contributed by atoms with Crippen LogP contribution in [0, 0.1) is 0 Å². The molecule has 0 unspecified atom stereocenters. The van der Waals surface area contributed by atoms with Gasteiger partial charge in [-0.2, -0.15) is 0 Å². The third kappa shape index (κ3) is 3.03. The van der Waals surface area contributed by atoms with Gasteiger partial charge in [-0.3, -0.25) is 0 Å². The summed E-state index contributed by atoms with van der Waals surface area (Å²) in [6, 6.07) is 11.8. The van der Waals surface area contributed by atoms with Crippen LogP contribution in [0.1, 0.15) is 0 Å². The van der Waals surface area contributed by atoms with Gasteiger partial charge in [-0.25, -0.2) is 14.8 Å². The Balaban J connectivity index is 1.87. The van der Waals surface area contributed by atoms with Crippen molar-refractivity contribution in [3.05, 3.63) is 55.1 Å². The summed E-state index contributed by atoms with van der Waals surface area (Å²) in [6.45, 7) is -0.0958. The van der Waals surface area contributed by atoms with Crippen molar-refractivity contribution in [2.45, 2.75) is 0 Å². The van der Waals surface area contributed by atoms with Gasteiger partial charge in [-0.15, -0.1) is 0 Å². The first-order chi connectivity index (χ1) is 10.8. The Labute approximate surface area is 127 Å². The molecule has 0 aliphatic rings. The summed E-state index contributed by atoms with van der Waals surface area (Å²) in [5, 5.41) is 2.11. The minimum absolute atomic E-state index is 0.0958. The Hall–Kier alpha value is -2.95. The van der Waals surface area contributed by atoms with Crippen LogP contribution in [0.2, 0.25) is 0 Å². The van der Waals surface area contributed by atoms with Crippen molar-refractivity contribution in [1.82, 2.24) is 9.97 Å². The molecule has 1 heterocycles. The standard InChI is InChI=1S/C17H14N2O3/c1-21-17(20)10-22-16-5-4-12-6-13(2-3-14(12)7-16)15-8-18-11-19-9-15/h2-9,11H,10H2,1H3. The summed E-state index contributed by atoms with van der Waals surface area (Å²) in [6.07, 6.45) is 5.07. The predicted octanol–water partition coefficient (Wildman–Crippen LogP) is 2.85. The van der Waals surface area contributed by atoms with Crippen LogP contribution in [0.15, 0.2) is 55.1 Å². The van der Waals surface area contributed by atoms with E-state index in [2.05, 4.69) is 20.8 Å². The second-order valence-corrected chi connectivity index (χ2v) is 4.72. The zero-order valence-electron chi connectivity index (χ0n) is 12.0. The molecule has 0 bridgehead atoms. The Morgan fingerprint density at radius 2 is 1.73 bits per heavy atom. The average molecular weight is 294 g/mol. The highest BCUT2D eigenvalue weighted by atomic mass is 16.6. The minimum Gasteiger partial charge on any atom is -0.482 e. The first-order valence-corrected chi connectivity index (χ1v) is 6.75. The number of carbonyl (C=O) groups is 1. The number of aromatic nitrogens is 2. The molecule has 0 atom stereocenters. The van der Waals surface area contributed by atoms with Crippen LogP contribution < -0.4 is 4.74 Å². The van der Waals surface area contributed by atoms with Crippen LogP contribution in [0.5, 0.6) is 5.75 Å². The van der Waals surface area contributed by atoms with E-state index >= 15 is 0 Å². The van der Waals surface area contributed by atoms with Crippen molar-refractivity contribution < 1.29 is 14.3 Å². The van der Waals surface area contributed by atoms with E-state index in [1.54, 1.807) is 12.4 Å². The van der Waals surface area contributed by atoms with E-state index in [1.807, 2.05) is 30.3 Å². The monoisotopic (exact) mass is 294 g/mol. The SMILES string of the molecule is COC(=O)COc1ccc2cc(-c3cncnc3)ccc2c1. The van der Waals surface area contributed by atoms with Crippen LogP contribution in [0.25, 0.3) is 21.9 Å². The minimum atomic E-state index is -0.403. The molecule has 0 N–H and O–H groups in total. The second kappa shape index (κ2) is 6.22. The van der Waals surface area contributed by atoms with Gasteiger partial charge >= 0.3 is 5.97 Å². The van der Waals surface area contributed by atoms with E-state index < -0.39 is 5.97 Å². The van der Waals surface area contributed by atoms with Crippen LogP contribution in [-0.2, 0) is 9.53 Å².